The molecule has 0 aromatic carbocycles. The Balaban J connectivity index is 2.36. The monoisotopic (exact) mass is 302 g/mol. The fourth-order valence-electron chi connectivity index (χ4n) is 2.07. The van der Waals surface area contributed by atoms with Crippen LogP contribution in [0.3, 0.4) is 0 Å². The molecule has 5 atom stereocenters. The maximum Gasteiger partial charge on any atom is 0.311 e. The van der Waals surface area contributed by atoms with E-state index in [1.165, 1.54) is 0 Å². The molecule has 0 spiro atoms. The van der Waals surface area contributed by atoms with E-state index in [4.69, 9.17) is 9.47 Å². The molecule has 6 nitrogen and oxygen atoms in total. The minimum absolute atomic E-state index is 0.180. The van der Waals surface area contributed by atoms with E-state index in [0.717, 1.165) is 24.8 Å². The third-order valence-corrected chi connectivity index (χ3v) is 3.76. The lowest BCUT2D eigenvalue weighted by Crippen LogP contribution is -2.54. The van der Waals surface area contributed by atoms with E-state index in [-0.39, 0.29) is 12.5 Å². The number of hydrogen-bond donors (Lipinski definition) is 3. The first-order valence-corrected chi connectivity index (χ1v) is 7.39. The van der Waals surface area contributed by atoms with E-state index in [9.17, 15) is 20.1 Å². The molecular formula is C15H26O6. The number of hydrogen-bond acceptors (Lipinski definition) is 6. The second-order valence-electron chi connectivity index (χ2n) is 5.58. The summed E-state index contributed by atoms with van der Waals surface area (Å²) >= 11 is 0. The van der Waals surface area contributed by atoms with Crippen molar-refractivity contribution in [2.75, 3.05) is 6.61 Å². The van der Waals surface area contributed by atoms with Gasteiger partial charge in [0.25, 0.3) is 0 Å². The Kier molecular flexibility index (Phi) is 7.31. The quantitative estimate of drug-likeness (QED) is 0.474. The summed E-state index contributed by atoms with van der Waals surface area (Å²) < 4.78 is 10.1. The highest BCUT2D eigenvalue weighted by Crippen LogP contribution is 2.20. The van der Waals surface area contributed by atoms with Crippen LogP contribution in [0.15, 0.2) is 12.2 Å². The molecule has 6 heteroatoms. The van der Waals surface area contributed by atoms with Gasteiger partial charge in [0.15, 0.2) is 0 Å². The highest BCUT2D eigenvalue weighted by molar-refractivity contribution is 5.72. The van der Waals surface area contributed by atoms with E-state index in [1.54, 1.807) is 6.92 Å². The summed E-state index contributed by atoms with van der Waals surface area (Å²) in [5, 5.41) is 28.5. The normalized spacial score (nSPS) is 30.7. The first kappa shape index (κ1) is 18.1. The van der Waals surface area contributed by atoms with Crippen LogP contribution in [0.2, 0.25) is 0 Å². The molecule has 122 valence electrons. The van der Waals surface area contributed by atoms with Gasteiger partial charge in [0.05, 0.1) is 12.5 Å². The molecule has 0 saturated carbocycles. The summed E-state index contributed by atoms with van der Waals surface area (Å²) in [6.07, 6.45) is -1.91. The summed E-state index contributed by atoms with van der Waals surface area (Å²) in [4.78, 5) is 11.9. The zero-order chi connectivity index (χ0) is 16.0. The van der Waals surface area contributed by atoms with Crippen LogP contribution in [-0.2, 0) is 14.3 Å². The average Bonchev–Trinajstić information content (AvgIpc) is 2.47. The second-order valence-corrected chi connectivity index (χ2v) is 5.58. The molecule has 3 N–H and O–H groups in total. The van der Waals surface area contributed by atoms with Crippen molar-refractivity contribution < 1.29 is 29.6 Å². The smallest absolute Gasteiger partial charge is 0.311 e. The van der Waals surface area contributed by atoms with E-state index in [2.05, 4.69) is 6.58 Å². The fourth-order valence-corrected chi connectivity index (χ4v) is 2.07. The molecule has 1 aliphatic heterocycles. The van der Waals surface area contributed by atoms with Crippen LogP contribution in [0.5, 0.6) is 0 Å². The van der Waals surface area contributed by atoms with E-state index in [0.29, 0.717) is 6.42 Å². The molecule has 1 fully saturated rings. The minimum atomic E-state index is -1.44. The molecule has 1 rings (SSSR count). The van der Waals surface area contributed by atoms with Crippen LogP contribution in [0.25, 0.3) is 0 Å². The first-order chi connectivity index (χ1) is 9.86. The molecule has 0 radical (unpaired) electrons. The third-order valence-electron chi connectivity index (χ3n) is 3.76. The summed E-state index contributed by atoms with van der Waals surface area (Å²) in [6, 6.07) is 0. The van der Waals surface area contributed by atoms with Gasteiger partial charge in [-0.25, -0.2) is 0 Å². The lowest BCUT2D eigenvalue weighted by atomic mass is 10.0. The molecule has 1 saturated heterocycles. The number of carbonyl (C=O) groups is 1. The van der Waals surface area contributed by atoms with Crippen LogP contribution < -0.4 is 0 Å². The lowest BCUT2D eigenvalue weighted by Gasteiger charge is -2.34. The van der Waals surface area contributed by atoms with Crippen LogP contribution >= 0.6 is 0 Å². The molecule has 21 heavy (non-hydrogen) atoms. The van der Waals surface area contributed by atoms with Gasteiger partial charge >= 0.3 is 5.97 Å². The molecule has 1 aliphatic rings. The Labute approximate surface area is 125 Å². The summed E-state index contributed by atoms with van der Waals surface area (Å²) in [7, 11) is 0. The van der Waals surface area contributed by atoms with Gasteiger partial charge in [-0.3, -0.25) is 4.79 Å². The number of rotatable bonds is 7. The van der Waals surface area contributed by atoms with E-state index < -0.39 is 30.6 Å². The van der Waals surface area contributed by atoms with Crippen molar-refractivity contribution in [1.82, 2.24) is 0 Å². The SMILES string of the molecule is C=C(CC)CCC[C@@H](C)C(=O)O[C@@H]1OC[C@@H](O)[C@H](O)[C@H]1O. The molecule has 0 unspecified atom stereocenters. The van der Waals surface area contributed by atoms with Crippen LogP contribution in [0.4, 0.5) is 0 Å². The van der Waals surface area contributed by atoms with Crippen molar-refractivity contribution in [3.63, 3.8) is 0 Å². The zero-order valence-electron chi connectivity index (χ0n) is 12.7. The minimum Gasteiger partial charge on any atom is -0.433 e. The summed E-state index contributed by atoms with van der Waals surface area (Å²) in [5.74, 6) is -0.806. The third kappa shape index (κ3) is 5.39. The predicted octanol–water partition coefficient (Wildman–Crippen LogP) is 0.741. The largest absolute Gasteiger partial charge is 0.433 e. The number of ether oxygens (including phenoxy) is 2. The standard InChI is InChI=1S/C15H26O6/c1-4-9(2)6-5-7-10(3)14(19)21-15-13(18)12(17)11(16)8-20-15/h10-13,15-18H,2,4-8H2,1,3H3/t10-,11-,12+,13-,15+/m1/s1. The van der Waals surface area contributed by atoms with Crippen molar-refractivity contribution in [2.24, 2.45) is 5.92 Å². The number of aliphatic hydroxyl groups excluding tert-OH is 3. The predicted molar refractivity (Wildman–Crippen MR) is 76.3 cm³/mol. The Bertz CT molecular complexity index is 356. The topological polar surface area (TPSA) is 96.2 Å². The Hall–Kier alpha value is -0.950. The van der Waals surface area contributed by atoms with Gasteiger partial charge in [0.1, 0.15) is 18.3 Å². The van der Waals surface area contributed by atoms with Crippen LogP contribution in [0.1, 0.15) is 39.5 Å². The zero-order valence-corrected chi connectivity index (χ0v) is 12.7. The van der Waals surface area contributed by atoms with Gasteiger partial charge in [-0.1, -0.05) is 26.0 Å². The van der Waals surface area contributed by atoms with Crippen molar-refractivity contribution in [1.29, 1.82) is 0 Å². The van der Waals surface area contributed by atoms with Crippen molar-refractivity contribution >= 4 is 5.97 Å². The highest BCUT2D eigenvalue weighted by atomic mass is 16.7. The van der Waals surface area contributed by atoms with Gasteiger partial charge in [-0.2, -0.15) is 0 Å². The molecule has 1 heterocycles. The first-order valence-electron chi connectivity index (χ1n) is 7.39. The van der Waals surface area contributed by atoms with Crippen molar-refractivity contribution in [3.8, 4) is 0 Å². The molecule has 0 aliphatic carbocycles. The number of esters is 1. The number of carbonyl (C=O) groups excluding carboxylic acids is 1. The number of allylic oxidation sites excluding steroid dienone is 1. The molecule has 0 bridgehead atoms. The van der Waals surface area contributed by atoms with E-state index >= 15 is 0 Å². The highest BCUT2D eigenvalue weighted by Gasteiger charge is 2.40. The lowest BCUT2D eigenvalue weighted by molar-refractivity contribution is -0.264. The Morgan fingerprint density at radius 3 is 2.67 bits per heavy atom. The van der Waals surface area contributed by atoms with Crippen molar-refractivity contribution in [3.05, 3.63) is 12.2 Å². The Morgan fingerprint density at radius 2 is 2.05 bits per heavy atom. The molecule has 0 aromatic heterocycles. The molecule has 0 aromatic rings. The van der Waals surface area contributed by atoms with Gasteiger partial charge in [-0.15, -0.1) is 0 Å². The van der Waals surface area contributed by atoms with Gasteiger partial charge in [0, 0.05) is 0 Å². The van der Waals surface area contributed by atoms with Crippen molar-refractivity contribution in [2.45, 2.75) is 64.1 Å². The van der Waals surface area contributed by atoms with Crippen LogP contribution in [0, 0.1) is 5.92 Å². The van der Waals surface area contributed by atoms with E-state index in [1.807, 2.05) is 6.92 Å². The van der Waals surface area contributed by atoms with Gasteiger partial charge < -0.3 is 24.8 Å². The van der Waals surface area contributed by atoms with Crippen LogP contribution in [-0.4, -0.2) is 52.5 Å². The maximum atomic E-state index is 11.9. The fraction of sp³-hybridized carbons (Fsp3) is 0.800. The maximum absolute atomic E-state index is 11.9. The summed E-state index contributed by atoms with van der Waals surface area (Å²) in [6.45, 7) is 7.52. The average molecular weight is 302 g/mol. The van der Waals surface area contributed by atoms with Gasteiger partial charge in [0.2, 0.25) is 6.29 Å². The molecule has 0 amide bonds. The summed E-state index contributed by atoms with van der Waals surface area (Å²) in [5.41, 5.74) is 1.15. The molecular weight excluding hydrogens is 276 g/mol. The second kappa shape index (κ2) is 8.48. The number of aliphatic hydroxyl groups is 3. The Morgan fingerprint density at radius 1 is 1.38 bits per heavy atom. The van der Waals surface area contributed by atoms with Gasteiger partial charge in [-0.05, 0) is 25.7 Å².